The van der Waals surface area contributed by atoms with Gasteiger partial charge < -0.3 is 5.11 Å². The summed E-state index contributed by atoms with van der Waals surface area (Å²) in [7, 11) is -3.86. The Labute approximate surface area is 130 Å². The van der Waals surface area contributed by atoms with Crippen LogP contribution in [0.4, 0.5) is 4.39 Å². The van der Waals surface area contributed by atoms with Crippen LogP contribution in [0.2, 0.25) is 0 Å². The minimum Gasteiger partial charge on any atom is -0.481 e. The molecule has 0 bridgehead atoms. The number of carbonyl (C=O) groups is 1. The third-order valence-electron chi connectivity index (χ3n) is 3.69. The monoisotopic (exact) mass is 379 g/mol. The smallest absolute Gasteiger partial charge is 0.310 e. The second kappa shape index (κ2) is 5.66. The van der Waals surface area contributed by atoms with E-state index < -0.39 is 27.2 Å². The van der Waals surface area contributed by atoms with Crippen molar-refractivity contribution in [2.45, 2.75) is 24.7 Å². The highest BCUT2D eigenvalue weighted by molar-refractivity contribution is 9.10. The van der Waals surface area contributed by atoms with Crippen molar-refractivity contribution in [3.63, 3.8) is 0 Å². The number of carboxylic acids is 1. The maximum atomic E-state index is 13.1. The molecule has 0 aromatic heterocycles. The van der Waals surface area contributed by atoms with Crippen LogP contribution in [0.5, 0.6) is 0 Å². The summed E-state index contributed by atoms with van der Waals surface area (Å²) in [4.78, 5) is 11.3. The first-order chi connectivity index (χ1) is 9.67. The fourth-order valence-corrected chi connectivity index (χ4v) is 5.01. The molecule has 1 aliphatic rings. The van der Waals surface area contributed by atoms with Crippen LogP contribution in [0.25, 0.3) is 0 Å². The Bertz CT molecular complexity index is 679. The molecular weight excluding hydrogens is 365 g/mol. The van der Waals surface area contributed by atoms with Crippen molar-refractivity contribution in [1.82, 2.24) is 4.31 Å². The largest absolute Gasteiger partial charge is 0.481 e. The molecule has 1 saturated heterocycles. The summed E-state index contributed by atoms with van der Waals surface area (Å²) in [6.07, 6.45) is 0.903. The van der Waals surface area contributed by atoms with Gasteiger partial charge in [-0.25, -0.2) is 12.8 Å². The van der Waals surface area contributed by atoms with E-state index >= 15 is 0 Å². The van der Waals surface area contributed by atoms with Crippen molar-refractivity contribution in [1.29, 1.82) is 0 Å². The van der Waals surface area contributed by atoms with Crippen LogP contribution in [0, 0.1) is 11.2 Å². The number of carboxylic acid groups (broad SMARTS) is 1. The number of sulfonamides is 1. The lowest BCUT2D eigenvalue weighted by Gasteiger charge is -2.36. The van der Waals surface area contributed by atoms with E-state index in [2.05, 4.69) is 15.9 Å². The van der Waals surface area contributed by atoms with Crippen LogP contribution in [0.1, 0.15) is 19.8 Å². The maximum Gasteiger partial charge on any atom is 0.310 e. The summed E-state index contributed by atoms with van der Waals surface area (Å²) in [5, 5.41) is 9.26. The van der Waals surface area contributed by atoms with Crippen molar-refractivity contribution in [2.75, 3.05) is 13.1 Å². The summed E-state index contributed by atoms with van der Waals surface area (Å²) >= 11 is 3.04. The lowest BCUT2D eigenvalue weighted by atomic mass is 9.83. The Morgan fingerprint density at radius 2 is 2.14 bits per heavy atom. The van der Waals surface area contributed by atoms with Gasteiger partial charge >= 0.3 is 5.97 Å². The van der Waals surface area contributed by atoms with Crippen LogP contribution >= 0.6 is 15.9 Å². The third kappa shape index (κ3) is 3.12. The fourth-order valence-electron chi connectivity index (χ4n) is 2.40. The molecule has 8 heteroatoms. The molecule has 1 unspecified atom stereocenters. The zero-order valence-corrected chi connectivity index (χ0v) is 13.7. The van der Waals surface area contributed by atoms with E-state index in [-0.39, 0.29) is 22.5 Å². The van der Waals surface area contributed by atoms with Crippen molar-refractivity contribution in [3.8, 4) is 0 Å². The van der Waals surface area contributed by atoms with Crippen LogP contribution in [-0.4, -0.2) is 36.9 Å². The molecule has 0 aliphatic carbocycles. The summed E-state index contributed by atoms with van der Waals surface area (Å²) < 4.78 is 39.6. The normalized spacial score (nSPS) is 24.0. The average molecular weight is 380 g/mol. The first-order valence-corrected chi connectivity index (χ1v) is 8.59. The van der Waals surface area contributed by atoms with Crippen LogP contribution in [0.15, 0.2) is 27.6 Å². The molecule has 21 heavy (non-hydrogen) atoms. The SMILES string of the molecule is CC1(C(=O)O)CCCN(S(=O)(=O)c2ccc(F)cc2Br)C1. The second-order valence-electron chi connectivity index (χ2n) is 5.38. The number of hydrogen-bond acceptors (Lipinski definition) is 3. The van der Waals surface area contributed by atoms with E-state index in [0.29, 0.717) is 12.8 Å². The number of nitrogens with zero attached hydrogens (tertiary/aromatic N) is 1. The molecule has 0 radical (unpaired) electrons. The highest BCUT2D eigenvalue weighted by Gasteiger charge is 2.42. The molecule has 5 nitrogen and oxygen atoms in total. The molecule has 1 atom stereocenters. The van der Waals surface area contributed by atoms with E-state index in [1.165, 1.54) is 13.0 Å². The molecule has 1 N–H and O–H groups in total. The molecule has 0 spiro atoms. The molecule has 0 saturated carbocycles. The van der Waals surface area contributed by atoms with Gasteiger partial charge in [0.15, 0.2) is 0 Å². The molecule has 0 amide bonds. The Hall–Kier alpha value is -0.990. The minimum absolute atomic E-state index is 0.0569. The van der Waals surface area contributed by atoms with Crippen molar-refractivity contribution >= 4 is 31.9 Å². The summed E-state index contributed by atoms with van der Waals surface area (Å²) in [6.45, 7) is 1.71. The Morgan fingerprint density at radius 3 is 2.71 bits per heavy atom. The highest BCUT2D eigenvalue weighted by atomic mass is 79.9. The van der Waals surface area contributed by atoms with Crippen LogP contribution in [-0.2, 0) is 14.8 Å². The Balaban J connectivity index is 2.37. The summed E-state index contributed by atoms with van der Waals surface area (Å²) in [5.74, 6) is -1.56. The van der Waals surface area contributed by atoms with E-state index in [1.54, 1.807) is 0 Å². The topological polar surface area (TPSA) is 74.7 Å². The van der Waals surface area contributed by atoms with E-state index in [1.807, 2.05) is 0 Å². The van der Waals surface area contributed by atoms with Gasteiger partial charge in [0.05, 0.1) is 10.3 Å². The molecule has 1 aliphatic heterocycles. The highest BCUT2D eigenvalue weighted by Crippen LogP contribution is 2.34. The van der Waals surface area contributed by atoms with E-state index in [4.69, 9.17) is 0 Å². The molecule has 116 valence electrons. The van der Waals surface area contributed by atoms with Gasteiger partial charge in [0.2, 0.25) is 10.0 Å². The lowest BCUT2D eigenvalue weighted by molar-refractivity contribution is -0.150. The van der Waals surface area contributed by atoms with Gasteiger partial charge in [0.25, 0.3) is 0 Å². The van der Waals surface area contributed by atoms with Gasteiger partial charge in [0.1, 0.15) is 5.82 Å². The quantitative estimate of drug-likeness (QED) is 0.874. The molecule has 1 fully saturated rings. The van der Waals surface area contributed by atoms with Gasteiger partial charge in [-0.3, -0.25) is 4.79 Å². The van der Waals surface area contributed by atoms with E-state index in [9.17, 15) is 22.7 Å². The van der Waals surface area contributed by atoms with Crippen molar-refractivity contribution in [3.05, 3.63) is 28.5 Å². The zero-order chi connectivity index (χ0) is 15.8. The molecular formula is C13H15BrFNO4S. The predicted octanol–water partition coefficient (Wildman–Crippen LogP) is 2.46. The zero-order valence-electron chi connectivity index (χ0n) is 11.3. The standard InChI is InChI=1S/C13H15BrFNO4S/c1-13(12(17)18)5-2-6-16(8-13)21(19,20)11-4-3-9(15)7-10(11)14/h3-4,7H,2,5-6,8H2,1H3,(H,17,18). The first-order valence-electron chi connectivity index (χ1n) is 6.35. The van der Waals surface area contributed by atoms with E-state index in [0.717, 1.165) is 16.4 Å². The predicted molar refractivity (Wildman–Crippen MR) is 77.8 cm³/mol. The molecule has 1 aromatic carbocycles. The van der Waals surface area contributed by atoms with Gasteiger partial charge in [-0.15, -0.1) is 0 Å². The molecule has 2 rings (SSSR count). The Morgan fingerprint density at radius 1 is 1.48 bits per heavy atom. The third-order valence-corrected chi connectivity index (χ3v) is 6.51. The molecule has 1 aromatic rings. The van der Waals surface area contributed by atoms with Gasteiger partial charge in [0, 0.05) is 17.6 Å². The molecule has 1 heterocycles. The summed E-state index contributed by atoms with van der Waals surface area (Å²) in [6, 6.07) is 3.33. The Kier molecular flexibility index (Phi) is 4.41. The fraction of sp³-hybridized carbons (Fsp3) is 0.462. The van der Waals surface area contributed by atoms with Crippen LogP contribution in [0.3, 0.4) is 0 Å². The second-order valence-corrected chi connectivity index (χ2v) is 8.14. The number of benzene rings is 1. The lowest BCUT2D eigenvalue weighted by Crippen LogP contribution is -2.48. The van der Waals surface area contributed by atoms with Crippen LogP contribution < -0.4 is 0 Å². The number of rotatable bonds is 3. The number of halogens is 2. The van der Waals surface area contributed by atoms with Crippen molar-refractivity contribution in [2.24, 2.45) is 5.41 Å². The average Bonchev–Trinajstić information content (AvgIpc) is 2.38. The van der Waals surface area contributed by atoms with Gasteiger partial charge in [-0.1, -0.05) is 0 Å². The number of aliphatic carboxylic acids is 1. The number of piperidine rings is 1. The number of hydrogen-bond donors (Lipinski definition) is 1. The first kappa shape index (κ1) is 16.4. The van der Waals surface area contributed by atoms with Crippen molar-refractivity contribution < 1.29 is 22.7 Å². The van der Waals surface area contributed by atoms with Gasteiger partial charge in [-0.2, -0.15) is 4.31 Å². The minimum atomic E-state index is -3.86. The maximum absolute atomic E-state index is 13.1. The summed E-state index contributed by atoms with van der Waals surface area (Å²) in [5.41, 5.74) is -1.10. The van der Waals surface area contributed by atoms with Gasteiger partial charge in [-0.05, 0) is 53.9 Å².